The van der Waals surface area contributed by atoms with Gasteiger partial charge in [-0.2, -0.15) is 0 Å². The van der Waals surface area contributed by atoms with Crippen LogP contribution in [0.1, 0.15) is 53.7 Å². The summed E-state index contributed by atoms with van der Waals surface area (Å²) in [6, 6.07) is 19.5. The van der Waals surface area contributed by atoms with Crippen LogP contribution in [0, 0.1) is 6.92 Å². The molecular formula is C25H28N2O2. The number of ketones is 1. The lowest BCUT2D eigenvalue weighted by Gasteiger charge is -2.18. The Morgan fingerprint density at radius 3 is 2.41 bits per heavy atom. The summed E-state index contributed by atoms with van der Waals surface area (Å²) in [6.45, 7) is 6.65. The van der Waals surface area contributed by atoms with Crippen molar-refractivity contribution in [3.63, 3.8) is 0 Å². The van der Waals surface area contributed by atoms with Gasteiger partial charge in [-0.3, -0.25) is 4.79 Å². The second kappa shape index (κ2) is 9.87. The van der Waals surface area contributed by atoms with E-state index in [4.69, 9.17) is 4.74 Å². The van der Waals surface area contributed by atoms with E-state index in [0.717, 1.165) is 29.7 Å². The number of aromatic nitrogens is 1. The topological polar surface area (TPSA) is 51.2 Å². The van der Waals surface area contributed by atoms with Gasteiger partial charge in [0.25, 0.3) is 0 Å². The lowest BCUT2D eigenvalue weighted by Crippen LogP contribution is -2.20. The van der Waals surface area contributed by atoms with Gasteiger partial charge in [-0.15, -0.1) is 0 Å². The van der Waals surface area contributed by atoms with Gasteiger partial charge in [0.1, 0.15) is 18.2 Å². The molecule has 0 spiro atoms. The van der Waals surface area contributed by atoms with E-state index in [0.29, 0.717) is 23.6 Å². The van der Waals surface area contributed by atoms with Gasteiger partial charge in [-0.1, -0.05) is 56.3 Å². The van der Waals surface area contributed by atoms with Crippen LogP contribution in [0.3, 0.4) is 0 Å². The second-order valence-electron chi connectivity index (χ2n) is 7.09. The average molecular weight is 389 g/mol. The monoisotopic (exact) mass is 388 g/mol. The molecule has 1 N–H and O–H groups in total. The molecule has 0 amide bonds. The lowest BCUT2D eigenvalue weighted by atomic mass is 9.98. The molecule has 1 aromatic heterocycles. The fourth-order valence-corrected chi connectivity index (χ4v) is 3.29. The molecule has 4 heteroatoms. The van der Waals surface area contributed by atoms with Gasteiger partial charge >= 0.3 is 0 Å². The summed E-state index contributed by atoms with van der Waals surface area (Å²) < 4.78 is 6.00. The van der Waals surface area contributed by atoms with Crippen molar-refractivity contribution < 1.29 is 9.53 Å². The molecule has 0 aliphatic heterocycles. The molecular weight excluding hydrogens is 360 g/mol. The lowest BCUT2D eigenvalue weighted by molar-refractivity contribution is 0.103. The number of benzene rings is 2. The molecule has 0 bridgehead atoms. The van der Waals surface area contributed by atoms with Crippen LogP contribution in [0.2, 0.25) is 0 Å². The zero-order valence-corrected chi connectivity index (χ0v) is 17.3. The number of nitrogens with zero attached hydrogens (tertiary/aromatic N) is 1. The quantitative estimate of drug-likeness (QED) is 0.471. The highest BCUT2D eigenvalue weighted by atomic mass is 16.5. The summed E-state index contributed by atoms with van der Waals surface area (Å²) in [7, 11) is 0. The Hall–Kier alpha value is -3.14. The third-order valence-corrected chi connectivity index (χ3v) is 5.14. The van der Waals surface area contributed by atoms with E-state index in [1.807, 2.05) is 61.5 Å². The number of hydrogen-bond acceptors (Lipinski definition) is 4. The van der Waals surface area contributed by atoms with Crippen molar-refractivity contribution in [3.8, 4) is 5.75 Å². The minimum Gasteiger partial charge on any atom is -0.489 e. The van der Waals surface area contributed by atoms with E-state index in [1.165, 1.54) is 0 Å². The first-order valence-corrected chi connectivity index (χ1v) is 10.2. The van der Waals surface area contributed by atoms with Gasteiger partial charge in [0.05, 0.1) is 5.56 Å². The van der Waals surface area contributed by atoms with Crippen LogP contribution >= 0.6 is 0 Å². The molecule has 2 aromatic carbocycles. The summed E-state index contributed by atoms with van der Waals surface area (Å²) in [4.78, 5) is 17.8. The first-order chi connectivity index (χ1) is 14.1. The highest BCUT2D eigenvalue weighted by Crippen LogP contribution is 2.26. The third kappa shape index (κ3) is 5.02. The summed E-state index contributed by atoms with van der Waals surface area (Å²) >= 11 is 0. The van der Waals surface area contributed by atoms with E-state index in [2.05, 4.69) is 24.1 Å². The number of carbonyl (C=O) groups excluding carboxylic acids is 1. The summed E-state index contributed by atoms with van der Waals surface area (Å²) in [6.07, 6.45) is 3.67. The van der Waals surface area contributed by atoms with Gasteiger partial charge in [-0.25, -0.2) is 4.98 Å². The summed E-state index contributed by atoms with van der Waals surface area (Å²) in [5.74, 6) is 1.31. The third-order valence-electron chi connectivity index (χ3n) is 5.14. The van der Waals surface area contributed by atoms with Crippen LogP contribution < -0.4 is 10.1 Å². The molecule has 0 aliphatic rings. The van der Waals surface area contributed by atoms with Crippen molar-refractivity contribution in [1.29, 1.82) is 0 Å². The van der Waals surface area contributed by atoms with Crippen molar-refractivity contribution in [2.75, 3.05) is 5.32 Å². The fraction of sp³-hybridized carbons (Fsp3) is 0.280. The molecule has 0 saturated heterocycles. The van der Waals surface area contributed by atoms with Gasteiger partial charge in [0, 0.05) is 23.4 Å². The van der Waals surface area contributed by atoms with Crippen LogP contribution in [0.25, 0.3) is 0 Å². The highest BCUT2D eigenvalue weighted by molar-refractivity contribution is 6.12. The first kappa shape index (κ1) is 20.6. The van der Waals surface area contributed by atoms with Gasteiger partial charge in [-0.05, 0) is 43.5 Å². The molecule has 0 aliphatic carbocycles. The normalized spacial score (nSPS) is 10.8. The Labute approximate surface area is 173 Å². The van der Waals surface area contributed by atoms with Crippen LogP contribution in [0.15, 0.2) is 66.9 Å². The maximum Gasteiger partial charge on any atom is 0.197 e. The molecule has 1 heterocycles. The molecule has 150 valence electrons. The van der Waals surface area contributed by atoms with Crippen molar-refractivity contribution >= 4 is 11.6 Å². The Bertz CT molecular complexity index is 950. The minimum absolute atomic E-state index is 0.0470. The van der Waals surface area contributed by atoms with Crippen LogP contribution in [0.5, 0.6) is 5.75 Å². The van der Waals surface area contributed by atoms with Crippen molar-refractivity contribution in [2.24, 2.45) is 0 Å². The number of hydrogen-bond donors (Lipinski definition) is 1. The standard InChI is InChI=1S/C25H28N2O2/c1-4-20(5-2)27-25-22(14-10-16-26-25)24(28)21-13-9-15-23(18(21)3)29-17-19-11-7-6-8-12-19/h6-16,20H,4-5,17H2,1-3H3,(H,26,27). The van der Waals surface area contributed by atoms with Gasteiger partial charge < -0.3 is 10.1 Å². The molecule has 4 nitrogen and oxygen atoms in total. The Balaban J connectivity index is 1.85. The van der Waals surface area contributed by atoms with E-state index >= 15 is 0 Å². The number of carbonyl (C=O) groups is 1. The highest BCUT2D eigenvalue weighted by Gasteiger charge is 2.19. The zero-order chi connectivity index (χ0) is 20.6. The molecule has 0 atom stereocenters. The number of pyridine rings is 1. The molecule has 3 rings (SSSR count). The Morgan fingerprint density at radius 1 is 0.966 bits per heavy atom. The fourth-order valence-electron chi connectivity index (χ4n) is 3.29. The molecule has 0 unspecified atom stereocenters. The predicted octanol–water partition coefficient (Wildman–Crippen LogP) is 5.80. The second-order valence-corrected chi connectivity index (χ2v) is 7.09. The van der Waals surface area contributed by atoms with Crippen LogP contribution in [0.4, 0.5) is 5.82 Å². The zero-order valence-electron chi connectivity index (χ0n) is 17.3. The van der Waals surface area contributed by atoms with Gasteiger partial charge in [0.2, 0.25) is 0 Å². The number of anilines is 1. The van der Waals surface area contributed by atoms with E-state index < -0.39 is 0 Å². The number of rotatable bonds is 9. The number of nitrogens with one attached hydrogen (secondary N) is 1. The van der Waals surface area contributed by atoms with Crippen LogP contribution in [-0.4, -0.2) is 16.8 Å². The molecule has 3 aromatic rings. The Morgan fingerprint density at radius 2 is 1.69 bits per heavy atom. The van der Waals surface area contributed by atoms with E-state index in [9.17, 15) is 4.79 Å². The Kier molecular flexibility index (Phi) is 7.01. The molecule has 0 saturated carbocycles. The predicted molar refractivity (Wildman–Crippen MR) is 118 cm³/mol. The maximum atomic E-state index is 13.3. The first-order valence-electron chi connectivity index (χ1n) is 10.2. The van der Waals surface area contributed by atoms with Crippen molar-refractivity contribution in [1.82, 2.24) is 4.98 Å². The van der Waals surface area contributed by atoms with E-state index in [1.54, 1.807) is 12.3 Å². The SMILES string of the molecule is CCC(CC)Nc1ncccc1C(=O)c1cccc(OCc2ccccc2)c1C. The molecule has 29 heavy (non-hydrogen) atoms. The summed E-state index contributed by atoms with van der Waals surface area (Å²) in [5, 5.41) is 3.42. The largest absolute Gasteiger partial charge is 0.489 e. The molecule has 0 radical (unpaired) electrons. The van der Waals surface area contributed by atoms with E-state index in [-0.39, 0.29) is 11.8 Å². The van der Waals surface area contributed by atoms with Gasteiger partial charge in [0.15, 0.2) is 5.78 Å². The minimum atomic E-state index is -0.0470. The smallest absolute Gasteiger partial charge is 0.197 e. The summed E-state index contributed by atoms with van der Waals surface area (Å²) in [5.41, 5.74) is 3.15. The number of ether oxygens (including phenoxy) is 1. The maximum absolute atomic E-state index is 13.3. The van der Waals surface area contributed by atoms with Crippen molar-refractivity contribution in [3.05, 3.63) is 89.1 Å². The average Bonchev–Trinajstić information content (AvgIpc) is 2.77. The van der Waals surface area contributed by atoms with Crippen molar-refractivity contribution in [2.45, 2.75) is 46.3 Å². The molecule has 0 fully saturated rings. The van der Waals surface area contributed by atoms with Crippen LogP contribution in [-0.2, 0) is 6.61 Å².